The van der Waals surface area contributed by atoms with Crippen LogP contribution in [0.1, 0.15) is 200 Å². The maximum Gasteiger partial charge on any atom is 0.472 e. The molecule has 0 aliphatic heterocycles. The number of hydrogen-bond acceptors (Lipinski definition) is 14. The third-order valence-electron chi connectivity index (χ3n) is 11.8. The zero-order chi connectivity index (χ0) is 50.5. The number of phosphoric ester groups is 2. The third kappa shape index (κ3) is 33.7. The fourth-order valence-electron chi connectivity index (χ4n) is 7.80. The van der Waals surface area contributed by atoms with Crippen LogP contribution in [0.5, 0.6) is 0 Å². The van der Waals surface area contributed by atoms with Crippen LogP contribution in [0.4, 0.5) is 0 Å². The van der Waals surface area contributed by atoms with Crippen molar-refractivity contribution in [3.05, 3.63) is 36.5 Å². The predicted octanol–water partition coefficient (Wildman–Crippen LogP) is 9.26. The number of hydrogen-bond donors (Lipinski definition) is 8. The molecule has 0 aromatic heterocycles. The average molecular weight is 1010 g/mol. The van der Waals surface area contributed by atoms with E-state index >= 15 is 0 Å². The summed E-state index contributed by atoms with van der Waals surface area (Å²) in [6.45, 7) is 2.96. The number of aliphatic hydroxyl groups excluding tert-OH is 5. The molecular formula is C49H90O17P2. The van der Waals surface area contributed by atoms with Crippen molar-refractivity contribution in [1.29, 1.82) is 0 Å². The highest BCUT2D eigenvalue weighted by atomic mass is 31.2. The molecule has 0 aromatic carbocycles. The van der Waals surface area contributed by atoms with Gasteiger partial charge in [0.05, 0.1) is 12.7 Å². The van der Waals surface area contributed by atoms with Crippen LogP contribution in [0.2, 0.25) is 0 Å². The highest BCUT2D eigenvalue weighted by Gasteiger charge is 2.54. The quantitative estimate of drug-likeness (QED) is 0.00929. The molecule has 0 aromatic rings. The Morgan fingerprint density at radius 2 is 1.03 bits per heavy atom. The van der Waals surface area contributed by atoms with E-state index in [1.54, 1.807) is 12.2 Å². The van der Waals surface area contributed by atoms with Gasteiger partial charge in [-0.05, 0) is 38.5 Å². The van der Waals surface area contributed by atoms with Gasteiger partial charge in [0.1, 0.15) is 43.2 Å². The molecule has 17 nitrogen and oxygen atoms in total. The minimum absolute atomic E-state index is 0.00845. The van der Waals surface area contributed by atoms with Crippen molar-refractivity contribution in [3.8, 4) is 0 Å². The zero-order valence-corrected chi connectivity index (χ0v) is 42.9. The Hall–Kier alpha value is -1.82. The Morgan fingerprint density at radius 1 is 0.544 bits per heavy atom. The molecule has 1 rings (SSSR count). The second-order valence-electron chi connectivity index (χ2n) is 18.1. The van der Waals surface area contributed by atoms with Crippen LogP contribution >= 0.6 is 15.6 Å². The lowest BCUT2D eigenvalue weighted by Crippen LogP contribution is -2.64. The molecule has 398 valence electrons. The van der Waals surface area contributed by atoms with Crippen molar-refractivity contribution in [2.45, 2.75) is 249 Å². The van der Waals surface area contributed by atoms with Crippen LogP contribution in [-0.4, -0.2) is 114 Å². The first-order valence-electron chi connectivity index (χ1n) is 25.6. The molecule has 68 heavy (non-hydrogen) atoms. The lowest BCUT2D eigenvalue weighted by atomic mass is 9.85. The number of phosphoric acid groups is 2. The van der Waals surface area contributed by atoms with Gasteiger partial charge in [-0.3, -0.25) is 23.2 Å². The number of unbranched alkanes of at least 4 members (excludes halogenated alkanes) is 22. The molecule has 0 heterocycles. The standard InChI is InChI=1S/C49H90O17P2/c1-3-5-7-9-11-13-15-17-18-19-20-22-24-26-28-30-32-36-43(52)64-41(39-63-68(60,61)66-49-46(55)44(53)45(54)48(47(49)56)65-67(57,58)59)38-62-42(51)37-33-35-40(50)34-31-29-27-25-23-21-16-14-12-10-8-6-4-2/h21,23,27,29,31,34,40-41,44-50,53-56H,3-20,22,24-26,28,30,32-33,35-39H2,1-2H3,(H,60,61)(H2,57,58,59)/b23-21+,29-27+,34-31+/t40?,41-,44?,45?,46?,47?,48-,49+/m1/s1. The summed E-state index contributed by atoms with van der Waals surface area (Å²) in [4.78, 5) is 54.4. The maximum absolute atomic E-state index is 13.0. The molecular weight excluding hydrogens is 922 g/mol. The molecule has 0 amide bonds. The molecule has 0 saturated heterocycles. The fraction of sp³-hybridized carbons (Fsp3) is 0.837. The van der Waals surface area contributed by atoms with Crippen LogP contribution in [0.3, 0.4) is 0 Å². The van der Waals surface area contributed by atoms with Gasteiger partial charge in [-0.1, -0.05) is 185 Å². The van der Waals surface area contributed by atoms with E-state index in [2.05, 4.69) is 30.5 Å². The molecule has 9 atom stereocenters. The number of carbonyl (C=O) groups excluding carboxylic acids is 2. The van der Waals surface area contributed by atoms with Crippen LogP contribution < -0.4 is 0 Å². The molecule has 19 heteroatoms. The Labute approximate surface area is 407 Å². The highest BCUT2D eigenvalue weighted by molar-refractivity contribution is 7.47. The van der Waals surface area contributed by atoms with E-state index in [4.69, 9.17) is 18.5 Å². The van der Waals surface area contributed by atoms with Crippen molar-refractivity contribution in [2.24, 2.45) is 0 Å². The van der Waals surface area contributed by atoms with Gasteiger partial charge in [0.25, 0.3) is 0 Å². The summed E-state index contributed by atoms with van der Waals surface area (Å²) < 4.78 is 49.3. The van der Waals surface area contributed by atoms with E-state index in [-0.39, 0.29) is 25.7 Å². The summed E-state index contributed by atoms with van der Waals surface area (Å²) in [6.07, 6.45) is 25.4. The summed E-state index contributed by atoms with van der Waals surface area (Å²) in [5, 5.41) is 51.6. The normalized spacial score (nSPS) is 22.0. The monoisotopic (exact) mass is 1010 g/mol. The van der Waals surface area contributed by atoms with E-state index in [1.807, 2.05) is 12.2 Å². The smallest absolute Gasteiger partial charge is 0.462 e. The summed E-state index contributed by atoms with van der Waals surface area (Å²) in [6, 6.07) is 0. The van der Waals surface area contributed by atoms with E-state index in [1.165, 1.54) is 116 Å². The molecule has 1 saturated carbocycles. The first-order valence-corrected chi connectivity index (χ1v) is 28.7. The Balaban J connectivity index is 2.62. The highest BCUT2D eigenvalue weighted by Crippen LogP contribution is 2.49. The van der Waals surface area contributed by atoms with Gasteiger partial charge in [0.2, 0.25) is 0 Å². The van der Waals surface area contributed by atoms with Gasteiger partial charge in [-0.15, -0.1) is 0 Å². The Bertz CT molecular complexity index is 1470. The molecule has 1 fully saturated rings. The Morgan fingerprint density at radius 3 is 1.56 bits per heavy atom. The Kier molecular flexibility index (Phi) is 37.5. The molecule has 8 N–H and O–H groups in total. The predicted molar refractivity (Wildman–Crippen MR) is 261 cm³/mol. The van der Waals surface area contributed by atoms with Gasteiger partial charge in [-0.25, -0.2) is 9.13 Å². The zero-order valence-electron chi connectivity index (χ0n) is 41.1. The molecule has 6 unspecified atom stereocenters. The van der Waals surface area contributed by atoms with Gasteiger partial charge in [-0.2, -0.15) is 0 Å². The number of allylic oxidation sites excluding steroid dienone is 5. The van der Waals surface area contributed by atoms with Crippen molar-refractivity contribution in [3.63, 3.8) is 0 Å². The first-order chi connectivity index (χ1) is 32.5. The number of ether oxygens (including phenoxy) is 2. The average Bonchev–Trinajstić information content (AvgIpc) is 3.29. The van der Waals surface area contributed by atoms with Gasteiger partial charge in [0.15, 0.2) is 6.10 Å². The largest absolute Gasteiger partial charge is 0.472 e. The number of rotatable bonds is 43. The van der Waals surface area contributed by atoms with Crippen LogP contribution in [0, 0.1) is 0 Å². The van der Waals surface area contributed by atoms with Crippen LogP contribution in [0.15, 0.2) is 36.5 Å². The minimum Gasteiger partial charge on any atom is -0.462 e. The van der Waals surface area contributed by atoms with Crippen molar-refractivity contribution in [1.82, 2.24) is 0 Å². The summed E-state index contributed by atoms with van der Waals surface area (Å²) in [5.74, 6) is -1.39. The van der Waals surface area contributed by atoms with E-state index in [0.29, 0.717) is 6.42 Å². The van der Waals surface area contributed by atoms with E-state index in [9.17, 15) is 58.9 Å². The summed E-state index contributed by atoms with van der Waals surface area (Å²) in [7, 11) is -10.7. The molecule has 0 radical (unpaired) electrons. The first kappa shape index (κ1) is 64.2. The molecule has 1 aliphatic rings. The SMILES string of the molecule is CCCCCCCC/C=C/C/C=C/C=C/C(O)CCCC(=O)OC[C@H](COP(=O)(O)O[C@H]1C(O)C(O)C(O)[C@@H](OP(=O)(O)O)C1O)OC(=O)CCCCCCCCCCCCCCCCCCC. The second kappa shape index (κ2) is 39.8. The topological polar surface area (TPSA) is 276 Å². The van der Waals surface area contributed by atoms with Crippen LogP contribution in [-0.2, 0) is 41.8 Å². The van der Waals surface area contributed by atoms with Gasteiger partial charge < -0.3 is 49.7 Å². The molecule has 0 bridgehead atoms. The van der Waals surface area contributed by atoms with Crippen LogP contribution in [0.25, 0.3) is 0 Å². The van der Waals surface area contributed by atoms with Crippen molar-refractivity contribution >= 4 is 27.6 Å². The summed E-state index contributed by atoms with van der Waals surface area (Å²) >= 11 is 0. The van der Waals surface area contributed by atoms with Gasteiger partial charge >= 0.3 is 27.6 Å². The second-order valence-corrected chi connectivity index (χ2v) is 20.7. The third-order valence-corrected chi connectivity index (χ3v) is 13.3. The van der Waals surface area contributed by atoms with Crippen molar-refractivity contribution in [2.75, 3.05) is 13.2 Å². The lowest BCUT2D eigenvalue weighted by molar-refractivity contribution is -0.216. The van der Waals surface area contributed by atoms with E-state index < -0.39 is 89.6 Å². The van der Waals surface area contributed by atoms with Gasteiger partial charge in [0, 0.05) is 12.8 Å². The number of aliphatic hydroxyl groups is 5. The summed E-state index contributed by atoms with van der Waals surface area (Å²) in [5.41, 5.74) is 0. The fourth-order valence-corrected chi connectivity index (χ4v) is 9.34. The number of carbonyl (C=O) groups is 2. The lowest BCUT2D eigenvalue weighted by Gasteiger charge is -2.43. The minimum atomic E-state index is -5.38. The maximum atomic E-state index is 13.0. The molecule has 1 aliphatic carbocycles. The number of esters is 2. The van der Waals surface area contributed by atoms with E-state index in [0.717, 1.165) is 38.5 Å². The molecule has 0 spiro atoms. The van der Waals surface area contributed by atoms with Crippen molar-refractivity contribution < 1.29 is 82.0 Å².